The molecule has 1 rings (SSSR count). The van der Waals surface area contributed by atoms with Crippen LogP contribution in [0.2, 0.25) is 0 Å². The molecule has 0 aromatic heterocycles. The molecule has 5 heteroatoms. The lowest BCUT2D eigenvalue weighted by atomic mass is 10.1. The lowest BCUT2D eigenvalue weighted by Gasteiger charge is -2.11. The van der Waals surface area contributed by atoms with E-state index in [9.17, 15) is 9.18 Å². The Morgan fingerprint density at radius 2 is 2.28 bits per heavy atom. The van der Waals surface area contributed by atoms with Crippen molar-refractivity contribution in [2.75, 3.05) is 13.7 Å². The van der Waals surface area contributed by atoms with E-state index in [1.54, 1.807) is 12.1 Å². The van der Waals surface area contributed by atoms with Crippen molar-refractivity contribution in [2.45, 2.75) is 19.9 Å². The van der Waals surface area contributed by atoms with Crippen LogP contribution in [-0.4, -0.2) is 24.7 Å². The van der Waals surface area contributed by atoms with Gasteiger partial charge in [0.2, 0.25) is 0 Å². The summed E-state index contributed by atoms with van der Waals surface area (Å²) in [6.07, 6.45) is 0.569. The molecule has 0 amide bonds. The molecule has 0 heterocycles. The summed E-state index contributed by atoms with van der Waals surface area (Å²) in [5.74, 6) is -1.43. The fourth-order valence-corrected chi connectivity index (χ4v) is 1.62. The molecule has 0 saturated carbocycles. The van der Waals surface area contributed by atoms with Crippen molar-refractivity contribution in [1.29, 1.82) is 0 Å². The maximum atomic E-state index is 13.4. The van der Waals surface area contributed by atoms with Crippen LogP contribution in [0.3, 0.4) is 0 Å². The fourth-order valence-electron chi connectivity index (χ4n) is 1.62. The zero-order chi connectivity index (χ0) is 13.5. The minimum atomic E-state index is -0.814. The molecule has 0 spiro atoms. The zero-order valence-electron chi connectivity index (χ0n) is 10.6. The van der Waals surface area contributed by atoms with Crippen LogP contribution < -0.4 is 10.1 Å². The Labute approximate surface area is 106 Å². The number of halogens is 1. The summed E-state index contributed by atoms with van der Waals surface area (Å²) in [7, 11) is 1.41. The van der Waals surface area contributed by atoms with Crippen molar-refractivity contribution < 1.29 is 19.0 Å². The van der Waals surface area contributed by atoms with E-state index in [1.165, 1.54) is 13.2 Å². The van der Waals surface area contributed by atoms with Crippen molar-refractivity contribution in [3.63, 3.8) is 0 Å². The summed E-state index contributed by atoms with van der Waals surface area (Å²) in [5.41, 5.74) is 0.758. The molecular weight excluding hydrogens is 237 g/mol. The topological polar surface area (TPSA) is 58.6 Å². The van der Waals surface area contributed by atoms with Gasteiger partial charge in [-0.3, -0.25) is 4.79 Å². The number of hydrogen-bond donors (Lipinski definition) is 2. The molecular formula is C13H18FNO3. The number of hydrogen-bond acceptors (Lipinski definition) is 3. The molecule has 1 atom stereocenters. The summed E-state index contributed by atoms with van der Waals surface area (Å²) in [6.45, 7) is 2.64. The van der Waals surface area contributed by atoms with Crippen LogP contribution in [0, 0.1) is 11.7 Å². The first-order valence-electron chi connectivity index (χ1n) is 5.84. The van der Waals surface area contributed by atoms with Gasteiger partial charge in [-0.05, 0) is 24.1 Å². The monoisotopic (exact) mass is 255 g/mol. The molecule has 2 N–H and O–H groups in total. The summed E-state index contributed by atoms with van der Waals surface area (Å²) in [6, 6.07) is 4.69. The molecule has 18 heavy (non-hydrogen) atoms. The number of carbonyl (C=O) groups is 1. The van der Waals surface area contributed by atoms with Gasteiger partial charge >= 0.3 is 5.97 Å². The summed E-state index contributed by atoms with van der Waals surface area (Å²) in [4.78, 5) is 10.8. The molecule has 0 saturated heterocycles. The van der Waals surface area contributed by atoms with E-state index in [-0.39, 0.29) is 5.75 Å². The third-order valence-electron chi connectivity index (χ3n) is 2.78. The first kappa shape index (κ1) is 14.4. The van der Waals surface area contributed by atoms with Crippen LogP contribution in [0.4, 0.5) is 4.39 Å². The van der Waals surface area contributed by atoms with E-state index in [1.807, 2.05) is 6.92 Å². The van der Waals surface area contributed by atoms with Gasteiger partial charge in [0, 0.05) is 13.1 Å². The Bertz CT molecular complexity index is 409. The molecule has 0 fully saturated rings. The van der Waals surface area contributed by atoms with Crippen LogP contribution in [-0.2, 0) is 11.3 Å². The highest BCUT2D eigenvalue weighted by Gasteiger charge is 2.14. The molecule has 0 radical (unpaired) electrons. The van der Waals surface area contributed by atoms with Crippen LogP contribution in [0.1, 0.15) is 18.9 Å². The van der Waals surface area contributed by atoms with Crippen molar-refractivity contribution in [3.05, 3.63) is 29.6 Å². The van der Waals surface area contributed by atoms with E-state index < -0.39 is 17.7 Å². The average Bonchev–Trinajstić information content (AvgIpc) is 2.34. The highest BCUT2D eigenvalue weighted by atomic mass is 19.1. The molecule has 100 valence electrons. The maximum absolute atomic E-state index is 13.4. The van der Waals surface area contributed by atoms with E-state index in [0.717, 1.165) is 5.56 Å². The number of ether oxygens (including phenoxy) is 1. The Morgan fingerprint density at radius 3 is 2.78 bits per heavy atom. The quantitative estimate of drug-likeness (QED) is 0.782. The van der Waals surface area contributed by atoms with Gasteiger partial charge in [-0.15, -0.1) is 0 Å². The number of benzene rings is 1. The lowest BCUT2D eigenvalue weighted by Crippen LogP contribution is -2.27. The van der Waals surface area contributed by atoms with Gasteiger partial charge < -0.3 is 15.2 Å². The van der Waals surface area contributed by atoms with Gasteiger partial charge in [0.25, 0.3) is 0 Å². The number of carboxylic acids is 1. The number of nitrogens with one attached hydrogen (secondary N) is 1. The Balaban J connectivity index is 2.49. The predicted molar refractivity (Wildman–Crippen MR) is 66.1 cm³/mol. The number of carboxylic acid groups (broad SMARTS) is 1. The largest absolute Gasteiger partial charge is 0.494 e. The second-order valence-corrected chi connectivity index (χ2v) is 4.04. The van der Waals surface area contributed by atoms with Crippen LogP contribution in [0.25, 0.3) is 0 Å². The van der Waals surface area contributed by atoms with Gasteiger partial charge in [0.1, 0.15) is 0 Å². The summed E-state index contributed by atoms with van der Waals surface area (Å²) >= 11 is 0. The highest BCUT2D eigenvalue weighted by molar-refractivity contribution is 5.70. The second-order valence-electron chi connectivity index (χ2n) is 4.04. The van der Waals surface area contributed by atoms with E-state index in [4.69, 9.17) is 9.84 Å². The van der Waals surface area contributed by atoms with Crippen molar-refractivity contribution in [1.82, 2.24) is 5.32 Å². The molecule has 0 aliphatic carbocycles. The molecule has 0 aliphatic rings. The first-order valence-corrected chi connectivity index (χ1v) is 5.84. The van der Waals surface area contributed by atoms with Crippen molar-refractivity contribution >= 4 is 5.97 Å². The van der Waals surface area contributed by atoms with Crippen molar-refractivity contribution in [3.8, 4) is 5.75 Å². The second kappa shape index (κ2) is 6.96. The highest BCUT2D eigenvalue weighted by Crippen LogP contribution is 2.17. The standard InChI is InChI=1S/C13H18FNO3/c1-3-10(13(16)17)8-15-7-9-4-5-12(18-2)11(14)6-9/h4-6,10,15H,3,7-8H2,1-2H3,(H,16,17). The first-order chi connectivity index (χ1) is 8.58. The predicted octanol–water partition coefficient (Wildman–Crippen LogP) is 2.03. The van der Waals surface area contributed by atoms with Gasteiger partial charge in [-0.25, -0.2) is 4.39 Å². The molecule has 1 aromatic carbocycles. The normalized spacial score (nSPS) is 12.2. The third kappa shape index (κ3) is 4.00. The number of methoxy groups -OCH3 is 1. The SMILES string of the molecule is CCC(CNCc1ccc(OC)c(F)c1)C(=O)O. The van der Waals surface area contributed by atoms with Crippen LogP contribution in [0.5, 0.6) is 5.75 Å². The smallest absolute Gasteiger partial charge is 0.307 e. The third-order valence-corrected chi connectivity index (χ3v) is 2.78. The van der Waals surface area contributed by atoms with Gasteiger partial charge in [-0.1, -0.05) is 13.0 Å². The zero-order valence-corrected chi connectivity index (χ0v) is 10.6. The molecule has 4 nitrogen and oxygen atoms in total. The van der Waals surface area contributed by atoms with E-state index in [0.29, 0.717) is 19.5 Å². The van der Waals surface area contributed by atoms with Crippen molar-refractivity contribution in [2.24, 2.45) is 5.92 Å². The van der Waals surface area contributed by atoms with E-state index >= 15 is 0 Å². The van der Waals surface area contributed by atoms with Crippen LogP contribution in [0.15, 0.2) is 18.2 Å². The molecule has 0 bridgehead atoms. The maximum Gasteiger partial charge on any atom is 0.307 e. The summed E-state index contributed by atoms with van der Waals surface area (Å²) in [5, 5.41) is 11.9. The summed E-state index contributed by atoms with van der Waals surface area (Å²) < 4.78 is 18.2. The average molecular weight is 255 g/mol. The number of rotatable bonds is 7. The fraction of sp³-hybridized carbons (Fsp3) is 0.462. The van der Waals surface area contributed by atoms with E-state index in [2.05, 4.69) is 5.32 Å². The minimum Gasteiger partial charge on any atom is -0.494 e. The Hall–Kier alpha value is -1.62. The van der Waals surface area contributed by atoms with Gasteiger partial charge in [0.05, 0.1) is 13.0 Å². The van der Waals surface area contributed by atoms with Crippen LogP contribution >= 0.6 is 0 Å². The molecule has 1 aromatic rings. The molecule has 0 aliphatic heterocycles. The van der Waals surface area contributed by atoms with Gasteiger partial charge in [-0.2, -0.15) is 0 Å². The Kier molecular flexibility index (Phi) is 5.58. The lowest BCUT2D eigenvalue weighted by molar-refractivity contribution is -0.141. The molecule has 1 unspecified atom stereocenters. The number of aliphatic carboxylic acids is 1. The minimum absolute atomic E-state index is 0.204. The Morgan fingerprint density at radius 1 is 1.56 bits per heavy atom. The van der Waals surface area contributed by atoms with Gasteiger partial charge in [0.15, 0.2) is 11.6 Å².